The minimum absolute atomic E-state index is 0.196. The highest BCUT2D eigenvalue weighted by Gasteiger charge is 2.21. The number of hydrogen-bond donors (Lipinski definition) is 1. The van der Waals surface area contributed by atoms with E-state index in [1.165, 1.54) is 11.6 Å². The molecule has 2 aromatic rings. The fourth-order valence-corrected chi connectivity index (χ4v) is 3.34. The van der Waals surface area contributed by atoms with Crippen molar-refractivity contribution in [3.8, 4) is 5.75 Å². The maximum absolute atomic E-state index is 13.2. The molecule has 1 aliphatic heterocycles. The fourth-order valence-electron chi connectivity index (χ4n) is 2.71. The Kier molecular flexibility index (Phi) is 4.33. The lowest BCUT2D eigenvalue weighted by atomic mass is 9.99. The number of para-hydroxylation sites is 1. The van der Waals surface area contributed by atoms with Gasteiger partial charge in [-0.1, -0.05) is 18.2 Å². The maximum Gasteiger partial charge on any atom is 0.127 e. The van der Waals surface area contributed by atoms with Crippen LogP contribution in [0, 0.1) is 16.3 Å². The lowest BCUT2D eigenvalue weighted by Gasteiger charge is -2.21. The van der Waals surface area contributed by atoms with Crippen molar-refractivity contribution >= 4 is 28.3 Å². The Morgan fingerprint density at radius 2 is 2.14 bits per heavy atom. The van der Waals surface area contributed by atoms with Crippen LogP contribution in [0.3, 0.4) is 0 Å². The van der Waals surface area contributed by atoms with Crippen LogP contribution in [-0.2, 0) is 0 Å². The molecule has 110 valence electrons. The highest BCUT2D eigenvalue weighted by molar-refractivity contribution is 14.1. The number of nitrogens with one attached hydrogen (secondary N) is 1. The molecule has 0 saturated carbocycles. The predicted octanol–water partition coefficient (Wildman–Crippen LogP) is 5.06. The van der Waals surface area contributed by atoms with Crippen molar-refractivity contribution in [2.75, 3.05) is 11.9 Å². The van der Waals surface area contributed by atoms with E-state index in [0.717, 1.165) is 40.0 Å². The van der Waals surface area contributed by atoms with Crippen LogP contribution in [0.1, 0.15) is 30.0 Å². The molecule has 4 heteroatoms. The minimum Gasteiger partial charge on any atom is -0.493 e. The van der Waals surface area contributed by atoms with Crippen LogP contribution in [0.4, 0.5) is 10.1 Å². The normalized spacial score (nSPS) is 17.6. The second kappa shape index (κ2) is 6.22. The van der Waals surface area contributed by atoms with Crippen LogP contribution >= 0.6 is 22.6 Å². The van der Waals surface area contributed by atoms with Crippen LogP contribution in [0.15, 0.2) is 36.4 Å². The first-order valence-electron chi connectivity index (χ1n) is 7.09. The van der Waals surface area contributed by atoms with Gasteiger partial charge in [0.2, 0.25) is 0 Å². The topological polar surface area (TPSA) is 21.3 Å². The van der Waals surface area contributed by atoms with Gasteiger partial charge in [0, 0.05) is 14.8 Å². The molecule has 0 radical (unpaired) electrons. The second-order valence-electron chi connectivity index (χ2n) is 5.31. The van der Waals surface area contributed by atoms with Crippen molar-refractivity contribution < 1.29 is 9.13 Å². The van der Waals surface area contributed by atoms with Crippen LogP contribution < -0.4 is 10.1 Å². The molecular weight excluding hydrogens is 380 g/mol. The zero-order valence-electron chi connectivity index (χ0n) is 11.8. The smallest absolute Gasteiger partial charge is 0.127 e. The number of benzene rings is 2. The van der Waals surface area contributed by atoms with Gasteiger partial charge in [-0.25, -0.2) is 4.39 Å². The number of anilines is 1. The quantitative estimate of drug-likeness (QED) is 0.715. The summed E-state index contributed by atoms with van der Waals surface area (Å²) in [6.07, 6.45) is 2.01. The first-order chi connectivity index (χ1) is 10.1. The molecule has 0 fully saturated rings. The van der Waals surface area contributed by atoms with Crippen LogP contribution in [-0.4, -0.2) is 6.61 Å². The average Bonchev–Trinajstić information content (AvgIpc) is 2.66. The molecule has 1 atom stereocenters. The molecule has 1 unspecified atom stereocenters. The van der Waals surface area contributed by atoms with Crippen molar-refractivity contribution in [2.45, 2.75) is 25.8 Å². The van der Waals surface area contributed by atoms with E-state index >= 15 is 0 Å². The summed E-state index contributed by atoms with van der Waals surface area (Å²) in [6, 6.07) is 11.3. The minimum atomic E-state index is -0.203. The molecule has 0 saturated heterocycles. The Bertz CT molecular complexity index is 659. The molecule has 0 aromatic heterocycles. The van der Waals surface area contributed by atoms with Gasteiger partial charge in [0.05, 0.1) is 12.6 Å². The van der Waals surface area contributed by atoms with E-state index in [1.807, 2.05) is 0 Å². The Hall–Kier alpha value is -1.30. The fraction of sp³-hybridized carbons (Fsp3) is 0.294. The lowest BCUT2D eigenvalue weighted by molar-refractivity contribution is 0.314. The van der Waals surface area contributed by atoms with E-state index in [2.05, 4.69) is 53.0 Å². The van der Waals surface area contributed by atoms with E-state index in [1.54, 1.807) is 12.1 Å². The van der Waals surface area contributed by atoms with Crippen LogP contribution in [0.25, 0.3) is 0 Å². The summed E-state index contributed by atoms with van der Waals surface area (Å²) in [6.45, 7) is 2.82. The Labute approximate surface area is 137 Å². The SMILES string of the molecule is Cc1cccc2c1OCCCC2Nc1ccc(F)cc1I. The van der Waals surface area contributed by atoms with E-state index < -0.39 is 0 Å². The molecule has 0 spiro atoms. The lowest BCUT2D eigenvalue weighted by Crippen LogP contribution is -2.11. The first kappa shape index (κ1) is 14.6. The number of ether oxygens (including phenoxy) is 1. The number of fused-ring (bicyclic) bond motifs is 1. The van der Waals surface area contributed by atoms with Crippen molar-refractivity contribution in [1.82, 2.24) is 0 Å². The summed E-state index contributed by atoms with van der Waals surface area (Å²) in [7, 11) is 0. The number of hydrogen-bond acceptors (Lipinski definition) is 2. The maximum atomic E-state index is 13.2. The van der Waals surface area contributed by atoms with Gasteiger partial charge >= 0.3 is 0 Å². The summed E-state index contributed by atoms with van der Waals surface area (Å²) >= 11 is 2.16. The molecular formula is C17H17FINO. The third kappa shape index (κ3) is 3.15. The summed E-state index contributed by atoms with van der Waals surface area (Å²) in [5.41, 5.74) is 3.32. The van der Waals surface area contributed by atoms with Gasteiger partial charge in [0.25, 0.3) is 0 Å². The molecule has 1 aliphatic rings. The third-order valence-electron chi connectivity index (χ3n) is 3.76. The molecule has 0 bridgehead atoms. The van der Waals surface area contributed by atoms with Crippen molar-refractivity contribution in [3.63, 3.8) is 0 Å². The Balaban J connectivity index is 1.94. The van der Waals surface area contributed by atoms with Gasteiger partial charge in [-0.05, 0) is 66.1 Å². The molecule has 2 nitrogen and oxygen atoms in total. The standard InChI is InChI=1S/C17H17FINO/c1-11-4-2-5-13-15(6-3-9-21-17(11)13)20-16-8-7-12(18)10-14(16)19/h2,4-5,7-8,10,15,20H,3,6,9H2,1H3. The largest absolute Gasteiger partial charge is 0.493 e. The Morgan fingerprint density at radius 1 is 1.29 bits per heavy atom. The second-order valence-corrected chi connectivity index (χ2v) is 6.47. The van der Waals surface area contributed by atoms with Gasteiger partial charge in [0.1, 0.15) is 11.6 Å². The van der Waals surface area contributed by atoms with Crippen molar-refractivity contribution in [2.24, 2.45) is 0 Å². The van der Waals surface area contributed by atoms with Crippen LogP contribution in [0.5, 0.6) is 5.75 Å². The number of aryl methyl sites for hydroxylation is 1. The number of halogens is 2. The van der Waals surface area contributed by atoms with E-state index in [-0.39, 0.29) is 11.9 Å². The van der Waals surface area contributed by atoms with Crippen molar-refractivity contribution in [1.29, 1.82) is 0 Å². The molecule has 1 heterocycles. The molecule has 0 aliphatic carbocycles. The van der Waals surface area contributed by atoms with Gasteiger partial charge in [0.15, 0.2) is 0 Å². The molecule has 21 heavy (non-hydrogen) atoms. The zero-order valence-corrected chi connectivity index (χ0v) is 14.0. The third-order valence-corrected chi connectivity index (χ3v) is 4.65. The molecule has 2 aromatic carbocycles. The predicted molar refractivity (Wildman–Crippen MR) is 91.4 cm³/mol. The zero-order chi connectivity index (χ0) is 14.8. The highest BCUT2D eigenvalue weighted by atomic mass is 127. The Morgan fingerprint density at radius 3 is 2.95 bits per heavy atom. The summed E-state index contributed by atoms with van der Waals surface area (Å²) in [5.74, 6) is 0.787. The van der Waals surface area contributed by atoms with Crippen LogP contribution in [0.2, 0.25) is 0 Å². The van der Waals surface area contributed by atoms with Gasteiger partial charge in [-0.3, -0.25) is 0 Å². The molecule has 3 rings (SSSR count). The van der Waals surface area contributed by atoms with Gasteiger partial charge in [-0.15, -0.1) is 0 Å². The molecule has 0 amide bonds. The summed E-state index contributed by atoms with van der Waals surface area (Å²) in [4.78, 5) is 0. The summed E-state index contributed by atoms with van der Waals surface area (Å²) < 4.78 is 20.0. The number of rotatable bonds is 2. The van der Waals surface area contributed by atoms with E-state index in [9.17, 15) is 4.39 Å². The average molecular weight is 397 g/mol. The highest BCUT2D eigenvalue weighted by Crippen LogP contribution is 2.36. The first-order valence-corrected chi connectivity index (χ1v) is 8.17. The summed E-state index contributed by atoms with van der Waals surface area (Å²) in [5, 5.41) is 3.55. The van der Waals surface area contributed by atoms with Gasteiger partial charge < -0.3 is 10.1 Å². The van der Waals surface area contributed by atoms with Gasteiger partial charge in [-0.2, -0.15) is 0 Å². The monoisotopic (exact) mass is 397 g/mol. The molecule has 1 N–H and O–H groups in total. The van der Waals surface area contributed by atoms with E-state index in [0.29, 0.717) is 0 Å². The van der Waals surface area contributed by atoms with E-state index in [4.69, 9.17) is 4.74 Å². The van der Waals surface area contributed by atoms with Crippen molar-refractivity contribution in [3.05, 3.63) is 56.9 Å².